The summed E-state index contributed by atoms with van der Waals surface area (Å²) in [5.41, 5.74) is 0.691. The van der Waals surface area contributed by atoms with Crippen LogP contribution < -0.4 is 5.32 Å². The minimum Gasteiger partial charge on any atom is -0.460 e. The number of benzene rings is 1. The van der Waals surface area contributed by atoms with E-state index in [2.05, 4.69) is 5.32 Å². The Balaban J connectivity index is 1.31. The van der Waals surface area contributed by atoms with Crippen LogP contribution >= 0.6 is 0 Å². The van der Waals surface area contributed by atoms with Gasteiger partial charge in [-0.2, -0.15) is 0 Å². The van der Waals surface area contributed by atoms with Gasteiger partial charge < -0.3 is 34.3 Å². The van der Waals surface area contributed by atoms with Crippen LogP contribution in [0.2, 0.25) is 0 Å². The second-order valence-electron chi connectivity index (χ2n) is 13.9. The van der Waals surface area contributed by atoms with Gasteiger partial charge >= 0.3 is 11.9 Å². The number of amides is 2. The molecule has 11 heteroatoms. The number of aliphatic hydroxyl groups excluding tert-OH is 1. The molecular weight excluding hydrogens is 592 g/mol. The molecule has 1 aromatic carbocycles. The van der Waals surface area contributed by atoms with E-state index in [-0.39, 0.29) is 43.6 Å². The van der Waals surface area contributed by atoms with E-state index in [4.69, 9.17) is 18.9 Å². The highest BCUT2D eigenvalue weighted by Gasteiger charge is 2.64. The molecule has 1 aromatic rings. The Bertz CT molecular complexity index is 1370. The average Bonchev–Trinajstić information content (AvgIpc) is 3.94. The van der Waals surface area contributed by atoms with Gasteiger partial charge in [0.15, 0.2) is 5.79 Å². The fourth-order valence-corrected chi connectivity index (χ4v) is 6.03. The number of ether oxygens (including phenoxy) is 4. The standard InChI is InChI=1S/C35H46N2O9/c1-34(2,3)45-30(40)16-14-26(20-38)36-32(41)23-18-27(31-28(19-23)44-35(46-31,24-10-11-24)25-12-13-25)43-33(42)22-8-6-7-21(17-22)9-15-29(39)37(4)5/h6-9,15,17,19,24-28,31,38H,10-14,16,18,20H2,1-5H3,(H,36,41). The van der Waals surface area contributed by atoms with Gasteiger partial charge in [0, 0.05) is 50.4 Å². The lowest BCUT2D eigenvalue weighted by molar-refractivity contribution is -0.209. The average molecular weight is 639 g/mol. The van der Waals surface area contributed by atoms with Crippen LogP contribution in [0.4, 0.5) is 0 Å². The molecule has 46 heavy (non-hydrogen) atoms. The first-order valence-corrected chi connectivity index (χ1v) is 16.2. The minimum absolute atomic E-state index is 0.0343. The Hall–Kier alpha value is -3.54. The van der Waals surface area contributed by atoms with Crippen LogP contribution in [-0.4, -0.2) is 90.2 Å². The molecule has 1 saturated heterocycles. The van der Waals surface area contributed by atoms with Crippen molar-refractivity contribution in [2.75, 3.05) is 20.7 Å². The van der Waals surface area contributed by atoms with Gasteiger partial charge in [0.1, 0.15) is 23.9 Å². The Morgan fingerprint density at radius 1 is 1.11 bits per heavy atom. The molecule has 3 aliphatic carbocycles. The van der Waals surface area contributed by atoms with Crippen molar-refractivity contribution in [1.29, 1.82) is 0 Å². The van der Waals surface area contributed by atoms with Crippen molar-refractivity contribution in [2.45, 2.75) is 101 Å². The van der Waals surface area contributed by atoms with Crippen molar-refractivity contribution in [3.63, 3.8) is 0 Å². The molecule has 5 rings (SSSR count). The molecule has 4 aliphatic rings. The number of carbonyl (C=O) groups is 4. The molecule has 3 fully saturated rings. The maximum atomic E-state index is 13.5. The largest absolute Gasteiger partial charge is 0.460 e. The van der Waals surface area contributed by atoms with Gasteiger partial charge in [-0.3, -0.25) is 14.4 Å². The molecule has 11 nitrogen and oxygen atoms in total. The lowest BCUT2D eigenvalue weighted by Crippen LogP contribution is -2.45. The van der Waals surface area contributed by atoms with Crippen LogP contribution in [0.5, 0.6) is 0 Å². The summed E-state index contributed by atoms with van der Waals surface area (Å²) < 4.78 is 24.7. The minimum atomic E-state index is -0.800. The normalized spacial score (nSPS) is 24.5. The number of likely N-dealkylation sites (N-methyl/N-ethyl adjacent to an activating group) is 1. The Labute approximate surface area is 270 Å². The summed E-state index contributed by atoms with van der Waals surface area (Å²) in [7, 11) is 3.32. The molecule has 2 saturated carbocycles. The molecule has 250 valence electrons. The van der Waals surface area contributed by atoms with Crippen molar-refractivity contribution in [2.24, 2.45) is 11.8 Å². The Morgan fingerprint density at radius 2 is 1.80 bits per heavy atom. The van der Waals surface area contributed by atoms with Crippen molar-refractivity contribution >= 4 is 29.8 Å². The van der Waals surface area contributed by atoms with E-state index in [0.29, 0.717) is 16.7 Å². The number of hydrogen-bond acceptors (Lipinski definition) is 9. The van der Waals surface area contributed by atoms with E-state index in [0.717, 1.165) is 25.7 Å². The van der Waals surface area contributed by atoms with Crippen molar-refractivity contribution in [1.82, 2.24) is 10.2 Å². The highest BCUT2D eigenvalue weighted by Crippen LogP contribution is 2.59. The first kappa shape index (κ1) is 33.8. The van der Waals surface area contributed by atoms with Crippen LogP contribution in [0.25, 0.3) is 6.08 Å². The van der Waals surface area contributed by atoms with Crippen LogP contribution in [0, 0.1) is 11.8 Å². The van der Waals surface area contributed by atoms with Gasteiger partial charge in [-0.25, -0.2) is 4.79 Å². The first-order valence-electron chi connectivity index (χ1n) is 16.2. The second-order valence-corrected chi connectivity index (χ2v) is 13.9. The van der Waals surface area contributed by atoms with E-state index in [1.807, 2.05) is 0 Å². The lowest BCUT2D eigenvalue weighted by Gasteiger charge is -2.31. The summed E-state index contributed by atoms with van der Waals surface area (Å²) in [5, 5.41) is 12.8. The molecule has 0 spiro atoms. The topological polar surface area (TPSA) is 141 Å². The van der Waals surface area contributed by atoms with E-state index in [9.17, 15) is 24.3 Å². The second kappa shape index (κ2) is 13.7. The van der Waals surface area contributed by atoms with E-state index < -0.39 is 53.6 Å². The molecule has 0 aromatic heterocycles. The number of rotatable bonds is 12. The van der Waals surface area contributed by atoms with E-state index >= 15 is 0 Å². The third-order valence-electron chi connectivity index (χ3n) is 8.61. The smallest absolute Gasteiger partial charge is 0.338 e. The van der Waals surface area contributed by atoms with Crippen LogP contribution in [0.3, 0.4) is 0 Å². The summed E-state index contributed by atoms with van der Waals surface area (Å²) >= 11 is 0. The molecule has 0 bridgehead atoms. The molecule has 2 amide bonds. The molecular formula is C35H46N2O9. The number of aliphatic hydroxyl groups is 1. The molecule has 1 aliphatic heterocycles. The third kappa shape index (κ3) is 8.24. The van der Waals surface area contributed by atoms with E-state index in [1.165, 1.54) is 11.0 Å². The number of nitrogens with zero attached hydrogens (tertiary/aromatic N) is 1. The number of carbonyl (C=O) groups excluding carboxylic acids is 4. The van der Waals surface area contributed by atoms with Crippen molar-refractivity contribution in [3.05, 3.63) is 53.1 Å². The van der Waals surface area contributed by atoms with Crippen LogP contribution in [0.15, 0.2) is 42.0 Å². The highest BCUT2D eigenvalue weighted by molar-refractivity contribution is 5.95. The summed E-state index contributed by atoms with van der Waals surface area (Å²) in [5.74, 6) is -1.81. The zero-order valence-electron chi connectivity index (χ0n) is 27.3. The van der Waals surface area contributed by atoms with Crippen LogP contribution in [0.1, 0.15) is 81.6 Å². The zero-order chi connectivity index (χ0) is 33.2. The molecule has 4 atom stereocenters. The van der Waals surface area contributed by atoms with Crippen molar-refractivity contribution in [3.8, 4) is 0 Å². The maximum Gasteiger partial charge on any atom is 0.338 e. The van der Waals surface area contributed by atoms with Gasteiger partial charge in [0.25, 0.3) is 0 Å². The maximum absolute atomic E-state index is 13.5. The van der Waals surface area contributed by atoms with Gasteiger partial charge in [-0.1, -0.05) is 12.1 Å². The van der Waals surface area contributed by atoms with Gasteiger partial charge in [-0.15, -0.1) is 0 Å². The molecule has 1 heterocycles. The highest BCUT2D eigenvalue weighted by atomic mass is 16.8. The molecule has 4 unspecified atom stereocenters. The quantitative estimate of drug-likeness (QED) is 0.260. The lowest BCUT2D eigenvalue weighted by atomic mass is 9.91. The summed E-state index contributed by atoms with van der Waals surface area (Å²) in [4.78, 5) is 52.7. The third-order valence-corrected chi connectivity index (χ3v) is 8.61. The van der Waals surface area contributed by atoms with Gasteiger partial charge in [0.2, 0.25) is 11.8 Å². The summed E-state index contributed by atoms with van der Waals surface area (Å²) in [6.45, 7) is 4.98. The predicted octanol–water partition coefficient (Wildman–Crippen LogP) is 3.54. The number of esters is 2. The fraction of sp³-hybridized carbons (Fsp3) is 0.600. The number of hydrogen-bond donors (Lipinski definition) is 2. The number of nitrogens with one attached hydrogen (secondary N) is 1. The summed E-state index contributed by atoms with van der Waals surface area (Å²) in [6.07, 6.45) is 7.19. The fourth-order valence-electron chi connectivity index (χ4n) is 6.03. The Kier molecular flexibility index (Phi) is 10.0. The Morgan fingerprint density at radius 3 is 2.41 bits per heavy atom. The monoisotopic (exact) mass is 638 g/mol. The number of fused-ring (bicyclic) bond motifs is 1. The summed E-state index contributed by atoms with van der Waals surface area (Å²) in [6, 6.07) is 6.11. The first-order chi connectivity index (χ1) is 21.8. The van der Waals surface area contributed by atoms with Crippen molar-refractivity contribution < 1.29 is 43.2 Å². The molecule has 2 N–H and O–H groups in total. The van der Waals surface area contributed by atoms with Gasteiger partial charge in [-0.05, 0) is 82.7 Å². The SMILES string of the molecule is CN(C)C(=O)C=Cc1cccc(C(=O)OC2CC(C(=O)NC(CO)CCC(=O)OC(C)(C)C)=CC3OC(C4CC4)(C4CC4)OC32)c1. The predicted molar refractivity (Wildman–Crippen MR) is 168 cm³/mol. The van der Waals surface area contributed by atoms with Gasteiger partial charge in [0.05, 0.1) is 18.2 Å². The molecule has 0 radical (unpaired) electrons. The van der Waals surface area contributed by atoms with E-state index in [1.54, 1.807) is 71.3 Å². The zero-order valence-corrected chi connectivity index (χ0v) is 27.3. The van der Waals surface area contributed by atoms with Crippen LogP contribution in [-0.2, 0) is 33.3 Å².